The molecule has 2 aromatic carbocycles. The van der Waals surface area contributed by atoms with E-state index in [1.54, 1.807) is 19.2 Å². The van der Waals surface area contributed by atoms with E-state index >= 15 is 0 Å². The minimum atomic E-state index is -1.09. The van der Waals surface area contributed by atoms with E-state index < -0.39 is 12.2 Å². The second-order valence-electron chi connectivity index (χ2n) is 7.67. The van der Waals surface area contributed by atoms with Crippen LogP contribution in [0.25, 0.3) is 22.0 Å². The summed E-state index contributed by atoms with van der Waals surface area (Å²) in [6.07, 6.45) is -0.510. The molecule has 0 spiro atoms. The molecule has 156 valence electrons. The number of methoxy groups -OCH3 is 1. The van der Waals surface area contributed by atoms with Gasteiger partial charge >= 0.3 is 0 Å². The van der Waals surface area contributed by atoms with E-state index in [9.17, 15) is 9.18 Å². The van der Waals surface area contributed by atoms with E-state index in [-0.39, 0.29) is 11.6 Å². The number of amides is 1. The predicted octanol–water partition coefficient (Wildman–Crippen LogP) is 3.26. The lowest BCUT2D eigenvalue weighted by Gasteiger charge is -2.32. The van der Waals surface area contributed by atoms with E-state index in [2.05, 4.69) is 10.3 Å². The van der Waals surface area contributed by atoms with Crippen molar-refractivity contribution in [1.82, 2.24) is 15.2 Å². The van der Waals surface area contributed by atoms with Crippen LogP contribution in [-0.4, -0.2) is 55.3 Å². The van der Waals surface area contributed by atoms with Crippen molar-refractivity contribution < 1.29 is 13.9 Å². The first-order valence-electron chi connectivity index (χ1n) is 9.93. The number of carbonyl (C=O) groups is 1. The van der Waals surface area contributed by atoms with Crippen LogP contribution in [0.4, 0.5) is 10.1 Å². The summed E-state index contributed by atoms with van der Waals surface area (Å²) in [6.45, 7) is 1.07. The molecule has 3 N–H and O–H groups in total. The average Bonchev–Trinajstić information content (AvgIpc) is 2.76. The molecule has 1 aliphatic heterocycles. The first-order valence-corrected chi connectivity index (χ1v) is 9.93. The molecule has 4 rings (SSSR count). The van der Waals surface area contributed by atoms with Gasteiger partial charge in [0.15, 0.2) is 0 Å². The van der Waals surface area contributed by atoms with Crippen LogP contribution in [0.1, 0.15) is 16.9 Å². The molecule has 1 saturated heterocycles. The molecule has 2 heterocycles. The van der Waals surface area contributed by atoms with Gasteiger partial charge in [-0.2, -0.15) is 0 Å². The quantitative estimate of drug-likeness (QED) is 0.648. The van der Waals surface area contributed by atoms with Crippen molar-refractivity contribution in [1.29, 1.82) is 0 Å². The molecule has 3 aromatic rings. The summed E-state index contributed by atoms with van der Waals surface area (Å²) in [6, 6.07) is 14.4. The SMILES string of the molecule is COc1ccc2ccc(-c3cccc(C(=O)N[C@H]4CCN(C)C[C@H]4F)n3)cc2c1N. The van der Waals surface area contributed by atoms with Crippen LogP contribution in [0.2, 0.25) is 0 Å². The van der Waals surface area contributed by atoms with Gasteiger partial charge in [-0.1, -0.05) is 24.3 Å². The molecule has 0 bridgehead atoms. The molecule has 2 atom stereocenters. The number of pyridine rings is 1. The Hall–Kier alpha value is -3.19. The number of ether oxygens (including phenoxy) is 1. The van der Waals surface area contributed by atoms with Gasteiger partial charge in [-0.15, -0.1) is 0 Å². The van der Waals surface area contributed by atoms with Crippen molar-refractivity contribution in [2.24, 2.45) is 0 Å². The van der Waals surface area contributed by atoms with Crippen LogP contribution in [0, 0.1) is 0 Å². The van der Waals surface area contributed by atoms with Gasteiger partial charge in [0.1, 0.15) is 17.6 Å². The summed E-state index contributed by atoms with van der Waals surface area (Å²) in [5.41, 5.74) is 8.53. The molecule has 0 saturated carbocycles. The van der Waals surface area contributed by atoms with Gasteiger partial charge in [0.25, 0.3) is 5.91 Å². The fraction of sp³-hybridized carbons (Fsp3) is 0.304. The maximum absolute atomic E-state index is 14.3. The lowest BCUT2D eigenvalue weighted by molar-refractivity contribution is 0.0817. The van der Waals surface area contributed by atoms with Gasteiger partial charge in [-0.25, -0.2) is 9.37 Å². The number of nitrogen functional groups attached to an aromatic ring is 1. The number of nitrogens with zero attached hydrogens (tertiary/aromatic N) is 2. The Morgan fingerprint density at radius 3 is 2.83 bits per heavy atom. The second-order valence-corrected chi connectivity index (χ2v) is 7.67. The molecule has 0 radical (unpaired) electrons. The number of piperidine rings is 1. The van der Waals surface area contributed by atoms with E-state index in [1.807, 2.05) is 48.3 Å². The smallest absolute Gasteiger partial charge is 0.270 e. The largest absolute Gasteiger partial charge is 0.495 e. The topological polar surface area (TPSA) is 80.5 Å². The summed E-state index contributed by atoms with van der Waals surface area (Å²) in [5.74, 6) is 0.246. The highest BCUT2D eigenvalue weighted by molar-refractivity contribution is 5.98. The second kappa shape index (κ2) is 8.28. The van der Waals surface area contributed by atoms with E-state index in [0.29, 0.717) is 30.1 Å². The number of nitrogens with one attached hydrogen (secondary N) is 1. The van der Waals surface area contributed by atoms with Crippen LogP contribution in [-0.2, 0) is 0 Å². The highest BCUT2D eigenvalue weighted by Crippen LogP contribution is 2.33. The number of aromatic nitrogens is 1. The normalized spacial score (nSPS) is 19.6. The average molecular weight is 408 g/mol. The van der Waals surface area contributed by atoms with Crippen molar-refractivity contribution >= 4 is 22.4 Å². The van der Waals surface area contributed by atoms with Crippen LogP contribution >= 0.6 is 0 Å². The number of fused-ring (bicyclic) bond motifs is 1. The lowest BCUT2D eigenvalue weighted by Crippen LogP contribution is -2.51. The molecule has 1 aliphatic rings. The number of likely N-dealkylation sites (tertiary alicyclic amines) is 1. The minimum absolute atomic E-state index is 0.261. The van der Waals surface area contributed by atoms with Crippen molar-refractivity contribution in [2.75, 3.05) is 33.0 Å². The number of benzene rings is 2. The van der Waals surface area contributed by atoms with Crippen molar-refractivity contribution in [3.05, 3.63) is 54.2 Å². The Bertz CT molecular complexity index is 1090. The van der Waals surface area contributed by atoms with Crippen molar-refractivity contribution in [3.63, 3.8) is 0 Å². The number of hydrogen-bond donors (Lipinski definition) is 2. The molecular weight excluding hydrogens is 383 g/mol. The fourth-order valence-corrected chi connectivity index (χ4v) is 3.84. The van der Waals surface area contributed by atoms with Gasteiger partial charge < -0.3 is 20.7 Å². The Labute approximate surface area is 174 Å². The first kappa shape index (κ1) is 20.1. The molecule has 30 heavy (non-hydrogen) atoms. The van der Waals surface area contributed by atoms with E-state index in [4.69, 9.17) is 10.5 Å². The molecule has 0 aliphatic carbocycles. The zero-order chi connectivity index (χ0) is 21.3. The number of nitrogens with two attached hydrogens (primary N) is 1. The highest BCUT2D eigenvalue weighted by Gasteiger charge is 2.29. The molecule has 7 heteroatoms. The number of rotatable bonds is 4. The maximum atomic E-state index is 14.3. The third-order valence-corrected chi connectivity index (χ3v) is 5.58. The molecule has 1 aromatic heterocycles. The van der Waals surface area contributed by atoms with E-state index in [1.165, 1.54) is 0 Å². The number of carbonyl (C=O) groups excluding carboxylic acids is 1. The third-order valence-electron chi connectivity index (χ3n) is 5.58. The monoisotopic (exact) mass is 408 g/mol. The Balaban J connectivity index is 1.60. The van der Waals surface area contributed by atoms with Gasteiger partial charge in [0.2, 0.25) is 0 Å². The summed E-state index contributed by atoms with van der Waals surface area (Å²) < 4.78 is 19.6. The molecule has 6 nitrogen and oxygen atoms in total. The Morgan fingerprint density at radius 1 is 1.27 bits per heavy atom. The highest BCUT2D eigenvalue weighted by atomic mass is 19.1. The Morgan fingerprint density at radius 2 is 2.07 bits per heavy atom. The van der Waals surface area contributed by atoms with Crippen LogP contribution in [0.15, 0.2) is 48.5 Å². The number of alkyl halides is 1. The van der Waals surface area contributed by atoms with Crippen LogP contribution in [0.3, 0.4) is 0 Å². The summed E-state index contributed by atoms with van der Waals surface area (Å²) in [4.78, 5) is 19.1. The zero-order valence-corrected chi connectivity index (χ0v) is 17.1. The van der Waals surface area contributed by atoms with Gasteiger partial charge in [-0.3, -0.25) is 4.79 Å². The standard InChI is InChI=1S/C23H25FN4O2/c1-28-11-10-19(17(24)13-28)27-23(29)20-5-3-4-18(26-20)15-7-6-14-8-9-21(30-2)22(25)16(14)12-15/h3-9,12,17,19H,10-11,13,25H2,1-2H3,(H,27,29)/t17-,19+/m1/s1. The molecule has 1 fully saturated rings. The van der Waals surface area contributed by atoms with Crippen molar-refractivity contribution in [3.8, 4) is 17.0 Å². The van der Waals surface area contributed by atoms with Crippen LogP contribution in [0.5, 0.6) is 5.75 Å². The molecular formula is C23H25FN4O2. The van der Waals surface area contributed by atoms with Crippen molar-refractivity contribution in [2.45, 2.75) is 18.6 Å². The summed E-state index contributed by atoms with van der Waals surface area (Å²) in [7, 11) is 3.46. The molecule has 1 amide bonds. The summed E-state index contributed by atoms with van der Waals surface area (Å²) in [5, 5.41) is 4.64. The fourth-order valence-electron chi connectivity index (χ4n) is 3.84. The zero-order valence-electron chi connectivity index (χ0n) is 17.1. The maximum Gasteiger partial charge on any atom is 0.270 e. The van der Waals surface area contributed by atoms with Gasteiger partial charge in [-0.05, 0) is 43.1 Å². The van der Waals surface area contributed by atoms with Gasteiger partial charge in [0.05, 0.1) is 24.5 Å². The Kier molecular flexibility index (Phi) is 5.55. The third kappa shape index (κ3) is 3.93. The van der Waals surface area contributed by atoms with Crippen LogP contribution < -0.4 is 15.8 Å². The minimum Gasteiger partial charge on any atom is -0.495 e. The first-order chi connectivity index (χ1) is 14.5. The number of hydrogen-bond acceptors (Lipinski definition) is 5. The lowest BCUT2D eigenvalue weighted by atomic mass is 10.0. The molecule has 0 unspecified atom stereocenters. The number of halogens is 1. The van der Waals surface area contributed by atoms with E-state index in [0.717, 1.165) is 22.9 Å². The van der Waals surface area contributed by atoms with Gasteiger partial charge in [0, 0.05) is 24.0 Å². The summed E-state index contributed by atoms with van der Waals surface area (Å²) >= 11 is 0. The number of anilines is 1. The predicted molar refractivity (Wildman–Crippen MR) is 116 cm³/mol.